The number of nitrogens with one attached hydrogen (secondary N) is 1. The fourth-order valence-electron chi connectivity index (χ4n) is 3.40. The summed E-state index contributed by atoms with van der Waals surface area (Å²) in [5.74, 6) is 0.460. The number of carbonyl (C=O) groups is 2. The number of amides is 2. The van der Waals surface area contributed by atoms with Crippen molar-refractivity contribution in [2.24, 2.45) is 5.41 Å². The van der Waals surface area contributed by atoms with Gasteiger partial charge in [0, 0.05) is 24.7 Å². The largest absolute Gasteiger partial charge is 0.484 e. The highest BCUT2D eigenvalue weighted by Gasteiger charge is 2.39. The molecule has 5 nitrogen and oxygen atoms in total. The Morgan fingerprint density at radius 2 is 1.86 bits per heavy atom. The standard InChI is InChI=1S/C22H25ClN2O3/c1-22(21(27)24-14-17-6-3-2-4-7-17)12-5-13-25(16-22)20(26)15-28-19-10-8-18(23)9-11-19/h2-4,6-11H,5,12-16H2,1H3,(H,24,27). The van der Waals surface area contributed by atoms with E-state index in [2.05, 4.69) is 5.32 Å². The molecular formula is C22H25ClN2O3. The molecule has 3 rings (SSSR count). The van der Waals surface area contributed by atoms with Gasteiger partial charge in [0.15, 0.2) is 6.61 Å². The predicted octanol–water partition coefficient (Wildman–Crippen LogP) is 3.66. The van der Waals surface area contributed by atoms with Crippen LogP contribution < -0.4 is 10.1 Å². The number of carbonyl (C=O) groups excluding carboxylic acids is 2. The van der Waals surface area contributed by atoms with E-state index in [0.717, 1.165) is 18.4 Å². The van der Waals surface area contributed by atoms with E-state index in [-0.39, 0.29) is 18.4 Å². The smallest absolute Gasteiger partial charge is 0.260 e. The molecule has 1 N–H and O–H groups in total. The molecule has 1 fully saturated rings. The monoisotopic (exact) mass is 400 g/mol. The molecule has 2 aromatic carbocycles. The highest BCUT2D eigenvalue weighted by atomic mass is 35.5. The highest BCUT2D eigenvalue weighted by Crippen LogP contribution is 2.30. The first-order valence-corrected chi connectivity index (χ1v) is 9.82. The molecule has 0 saturated carbocycles. The Labute approximate surface area is 170 Å². The maximum atomic E-state index is 12.8. The van der Waals surface area contributed by atoms with E-state index < -0.39 is 5.41 Å². The Kier molecular flexibility index (Phi) is 6.57. The van der Waals surface area contributed by atoms with Crippen LogP contribution in [0.15, 0.2) is 54.6 Å². The van der Waals surface area contributed by atoms with Crippen molar-refractivity contribution in [3.05, 3.63) is 65.2 Å². The van der Waals surface area contributed by atoms with E-state index >= 15 is 0 Å². The lowest BCUT2D eigenvalue weighted by atomic mass is 9.81. The number of piperidine rings is 1. The molecule has 1 heterocycles. The van der Waals surface area contributed by atoms with Crippen molar-refractivity contribution in [1.82, 2.24) is 10.2 Å². The minimum Gasteiger partial charge on any atom is -0.484 e. The van der Waals surface area contributed by atoms with Gasteiger partial charge in [0.05, 0.1) is 5.41 Å². The maximum Gasteiger partial charge on any atom is 0.260 e. The molecule has 2 aromatic rings. The van der Waals surface area contributed by atoms with Crippen molar-refractivity contribution in [2.75, 3.05) is 19.7 Å². The molecular weight excluding hydrogens is 376 g/mol. The van der Waals surface area contributed by atoms with Crippen LogP contribution in [-0.4, -0.2) is 36.4 Å². The first kappa shape index (κ1) is 20.2. The topological polar surface area (TPSA) is 58.6 Å². The summed E-state index contributed by atoms with van der Waals surface area (Å²) in [7, 11) is 0. The molecule has 0 aromatic heterocycles. The van der Waals surface area contributed by atoms with Gasteiger partial charge in [-0.3, -0.25) is 9.59 Å². The fraction of sp³-hybridized carbons (Fsp3) is 0.364. The van der Waals surface area contributed by atoms with E-state index in [1.165, 1.54) is 0 Å². The summed E-state index contributed by atoms with van der Waals surface area (Å²) in [4.78, 5) is 27.1. The van der Waals surface area contributed by atoms with Crippen molar-refractivity contribution in [1.29, 1.82) is 0 Å². The summed E-state index contributed by atoms with van der Waals surface area (Å²) in [6, 6.07) is 16.7. The van der Waals surface area contributed by atoms with Gasteiger partial charge in [0.1, 0.15) is 5.75 Å². The van der Waals surface area contributed by atoms with Gasteiger partial charge in [-0.1, -0.05) is 41.9 Å². The van der Waals surface area contributed by atoms with Crippen LogP contribution in [0.4, 0.5) is 0 Å². The normalized spacial score (nSPS) is 19.1. The van der Waals surface area contributed by atoms with Gasteiger partial charge in [-0.15, -0.1) is 0 Å². The average molecular weight is 401 g/mol. The second kappa shape index (κ2) is 9.11. The number of hydrogen-bond donors (Lipinski definition) is 1. The SMILES string of the molecule is CC1(C(=O)NCc2ccccc2)CCCN(C(=O)COc2ccc(Cl)cc2)C1. The summed E-state index contributed by atoms with van der Waals surface area (Å²) in [5, 5.41) is 3.63. The minimum absolute atomic E-state index is 0.0209. The Morgan fingerprint density at radius 1 is 1.14 bits per heavy atom. The number of ether oxygens (including phenoxy) is 1. The van der Waals surface area contributed by atoms with E-state index in [1.807, 2.05) is 37.3 Å². The van der Waals surface area contributed by atoms with Crippen LogP contribution in [0.3, 0.4) is 0 Å². The summed E-state index contributed by atoms with van der Waals surface area (Å²) in [6.45, 7) is 3.40. The Morgan fingerprint density at radius 3 is 2.57 bits per heavy atom. The molecule has 0 aliphatic carbocycles. The van der Waals surface area contributed by atoms with Gasteiger partial charge in [-0.25, -0.2) is 0 Å². The van der Waals surface area contributed by atoms with Crippen LogP contribution in [-0.2, 0) is 16.1 Å². The third-order valence-electron chi connectivity index (χ3n) is 5.07. The molecule has 0 radical (unpaired) electrons. The Balaban J connectivity index is 1.53. The zero-order valence-electron chi connectivity index (χ0n) is 16.0. The van der Waals surface area contributed by atoms with Crippen molar-refractivity contribution in [3.8, 4) is 5.75 Å². The van der Waals surface area contributed by atoms with Gasteiger partial charge < -0.3 is 15.0 Å². The second-order valence-corrected chi connectivity index (χ2v) is 7.83. The lowest BCUT2D eigenvalue weighted by molar-refractivity contribution is -0.142. The number of rotatable bonds is 6. The van der Waals surface area contributed by atoms with Crippen LogP contribution in [0.1, 0.15) is 25.3 Å². The molecule has 0 spiro atoms. The second-order valence-electron chi connectivity index (χ2n) is 7.39. The van der Waals surface area contributed by atoms with Crippen molar-refractivity contribution in [3.63, 3.8) is 0 Å². The maximum absolute atomic E-state index is 12.8. The van der Waals surface area contributed by atoms with Gasteiger partial charge >= 0.3 is 0 Å². The van der Waals surface area contributed by atoms with Gasteiger partial charge in [0.25, 0.3) is 5.91 Å². The molecule has 6 heteroatoms. The third kappa shape index (κ3) is 5.26. The number of nitrogens with zero attached hydrogens (tertiary/aromatic N) is 1. The summed E-state index contributed by atoms with van der Waals surface area (Å²) in [6.07, 6.45) is 1.55. The quantitative estimate of drug-likeness (QED) is 0.804. The number of halogens is 1. The van der Waals surface area contributed by atoms with E-state index in [1.54, 1.807) is 29.2 Å². The zero-order valence-corrected chi connectivity index (χ0v) is 16.7. The van der Waals surface area contributed by atoms with Crippen LogP contribution >= 0.6 is 11.6 Å². The molecule has 1 aliphatic rings. The molecule has 1 aliphatic heterocycles. The van der Waals surface area contributed by atoms with Gasteiger partial charge in [-0.2, -0.15) is 0 Å². The number of likely N-dealkylation sites (tertiary alicyclic amines) is 1. The molecule has 0 bridgehead atoms. The third-order valence-corrected chi connectivity index (χ3v) is 5.32. The average Bonchev–Trinajstić information content (AvgIpc) is 2.72. The van der Waals surface area contributed by atoms with Gasteiger partial charge in [-0.05, 0) is 49.6 Å². The van der Waals surface area contributed by atoms with E-state index in [0.29, 0.717) is 30.4 Å². The first-order chi connectivity index (χ1) is 13.5. The van der Waals surface area contributed by atoms with Crippen LogP contribution in [0.2, 0.25) is 5.02 Å². The predicted molar refractivity (Wildman–Crippen MR) is 109 cm³/mol. The van der Waals surface area contributed by atoms with Crippen LogP contribution in [0.25, 0.3) is 0 Å². The molecule has 1 atom stereocenters. The molecule has 148 valence electrons. The zero-order chi connectivity index (χ0) is 20.0. The van der Waals surface area contributed by atoms with Crippen LogP contribution in [0.5, 0.6) is 5.75 Å². The number of benzene rings is 2. The molecule has 28 heavy (non-hydrogen) atoms. The lowest BCUT2D eigenvalue weighted by Gasteiger charge is -2.39. The van der Waals surface area contributed by atoms with Crippen LogP contribution in [0, 0.1) is 5.41 Å². The Hall–Kier alpha value is -2.53. The summed E-state index contributed by atoms with van der Waals surface area (Å²) < 4.78 is 5.56. The number of hydrogen-bond acceptors (Lipinski definition) is 3. The van der Waals surface area contributed by atoms with Gasteiger partial charge in [0.2, 0.25) is 5.91 Å². The van der Waals surface area contributed by atoms with Crippen molar-refractivity contribution < 1.29 is 14.3 Å². The highest BCUT2D eigenvalue weighted by molar-refractivity contribution is 6.30. The first-order valence-electron chi connectivity index (χ1n) is 9.45. The van der Waals surface area contributed by atoms with E-state index in [4.69, 9.17) is 16.3 Å². The molecule has 1 saturated heterocycles. The molecule has 2 amide bonds. The summed E-state index contributed by atoms with van der Waals surface area (Å²) >= 11 is 5.85. The van der Waals surface area contributed by atoms with E-state index in [9.17, 15) is 9.59 Å². The van der Waals surface area contributed by atoms with Crippen molar-refractivity contribution >= 4 is 23.4 Å². The van der Waals surface area contributed by atoms with Crippen molar-refractivity contribution in [2.45, 2.75) is 26.3 Å². The summed E-state index contributed by atoms with van der Waals surface area (Å²) in [5.41, 5.74) is 0.461. The minimum atomic E-state index is -0.594. The fourth-order valence-corrected chi connectivity index (χ4v) is 3.52. The Bertz CT molecular complexity index is 810. The molecule has 1 unspecified atom stereocenters. The lowest BCUT2D eigenvalue weighted by Crippen LogP contribution is -2.52.